The van der Waals surface area contributed by atoms with E-state index in [0.717, 1.165) is 38.1 Å². The van der Waals surface area contributed by atoms with E-state index >= 15 is 0 Å². The number of hydrogen-bond acceptors (Lipinski definition) is 6. The molecule has 2 aliphatic heterocycles. The third-order valence-corrected chi connectivity index (χ3v) is 6.97. The Morgan fingerprint density at radius 3 is 2.59 bits per heavy atom. The molecule has 174 valence electrons. The van der Waals surface area contributed by atoms with Crippen LogP contribution in [0.1, 0.15) is 18.4 Å². The Kier molecular flexibility index (Phi) is 6.59. The largest absolute Gasteiger partial charge is 0.486 e. The number of ether oxygens (including phenoxy) is 2. The summed E-state index contributed by atoms with van der Waals surface area (Å²) in [6.07, 6.45) is -1.77. The molecule has 2 aromatic rings. The lowest BCUT2D eigenvalue weighted by atomic mass is 9.97. The summed E-state index contributed by atoms with van der Waals surface area (Å²) in [7, 11) is -3.63. The van der Waals surface area contributed by atoms with Crippen molar-refractivity contribution in [1.82, 2.24) is 14.6 Å². The first-order chi connectivity index (χ1) is 15.2. The van der Waals surface area contributed by atoms with Crippen LogP contribution in [0.25, 0.3) is 0 Å². The van der Waals surface area contributed by atoms with E-state index in [9.17, 15) is 21.6 Å². The molecule has 0 spiro atoms. The quantitative estimate of drug-likeness (QED) is 0.698. The normalized spacial score (nSPS) is 20.3. The Morgan fingerprint density at radius 2 is 1.91 bits per heavy atom. The van der Waals surface area contributed by atoms with Gasteiger partial charge in [0.15, 0.2) is 16.5 Å². The highest BCUT2D eigenvalue weighted by Gasteiger charge is 2.33. The molecule has 1 aromatic heterocycles. The van der Waals surface area contributed by atoms with Gasteiger partial charge in [0, 0.05) is 19.3 Å². The van der Waals surface area contributed by atoms with E-state index in [1.54, 1.807) is 12.1 Å². The molecule has 0 bridgehead atoms. The molecule has 1 saturated heterocycles. The molecule has 0 unspecified atom stereocenters. The van der Waals surface area contributed by atoms with Crippen LogP contribution in [0, 0.1) is 5.92 Å². The highest BCUT2D eigenvalue weighted by Crippen LogP contribution is 2.38. The van der Waals surface area contributed by atoms with Gasteiger partial charge in [-0.1, -0.05) is 6.07 Å². The second kappa shape index (κ2) is 9.24. The van der Waals surface area contributed by atoms with Crippen molar-refractivity contribution in [3.8, 4) is 11.5 Å². The fourth-order valence-corrected chi connectivity index (χ4v) is 4.91. The molecule has 0 radical (unpaired) electrons. The number of aromatic nitrogens is 1. The van der Waals surface area contributed by atoms with Crippen LogP contribution in [0.5, 0.6) is 11.5 Å². The summed E-state index contributed by atoms with van der Waals surface area (Å²) in [4.78, 5) is 6.04. The lowest BCUT2D eigenvalue weighted by molar-refractivity contribution is -0.137. The van der Waals surface area contributed by atoms with E-state index in [0.29, 0.717) is 18.8 Å². The summed E-state index contributed by atoms with van der Waals surface area (Å²) in [6.45, 7) is 2.62. The maximum absolute atomic E-state index is 12.9. The number of piperidine rings is 1. The highest BCUT2D eigenvalue weighted by atomic mass is 32.2. The number of pyridine rings is 1. The van der Waals surface area contributed by atoms with Crippen molar-refractivity contribution in [2.24, 2.45) is 5.92 Å². The zero-order valence-electron chi connectivity index (χ0n) is 17.2. The molecule has 1 atom stereocenters. The summed E-state index contributed by atoms with van der Waals surface area (Å²) in [6, 6.07) is 7.97. The highest BCUT2D eigenvalue weighted by molar-refractivity contribution is 7.89. The fourth-order valence-electron chi connectivity index (χ4n) is 3.85. The van der Waals surface area contributed by atoms with Crippen LogP contribution >= 0.6 is 0 Å². The molecule has 11 heteroatoms. The number of nitrogens with zero attached hydrogens (tertiary/aromatic N) is 2. The fraction of sp³-hybridized carbons (Fsp3) is 0.476. The first-order valence-corrected chi connectivity index (χ1v) is 11.8. The number of hydrogen-bond donors (Lipinski definition) is 1. The van der Waals surface area contributed by atoms with Crippen LogP contribution in [-0.2, 0) is 16.2 Å². The lowest BCUT2D eigenvalue weighted by Gasteiger charge is -2.35. The van der Waals surface area contributed by atoms with Gasteiger partial charge in [-0.05, 0) is 62.2 Å². The van der Waals surface area contributed by atoms with Gasteiger partial charge in [0.2, 0.25) is 0 Å². The molecule has 3 heterocycles. The molecule has 0 amide bonds. The second-order valence-electron chi connectivity index (χ2n) is 7.97. The number of halogens is 3. The van der Waals surface area contributed by atoms with Crippen molar-refractivity contribution in [2.45, 2.75) is 30.1 Å². The molecule has 1 N–H and O–H groups in total. The van der Waals surface area contributed by atoms with E-state index in [1.165, 1.54) is 18.3 Å². The zero-order chi connectivity index (χ0) is 22.8. The van der Waals surface area contributed by atoms with Gasteiger partial charge in [-0.2, -0.15) is 13.2 Å². The molecule has 0 saturated carbocycles. The van der Waals surface area contributed by atoms with E-state index in [2.05, 4.69) is 14.6 Å². The Labute approximate surface area is 184 Å². The summed E-state index contributed by atoms with van der Waals surface area (Å²) in [5.74, 6) is 0.617. The summed E-state index contributed by atoms with van der Waals surface area (Å²) in [5, 5.41) is 0.000782. The number of nitrogens with one attached hydrogen (secondary N) is 1. The van der Waals surface area contributed by atoms with E-state index in [4.69, 9.17) is 9.47 Å². The smallest absolute Gasteiger partial charge is 0.416 e. The first kappa shape index (κ1) is 22.8. The van der Waals surface area contributed by atoms with Gasteiger partial charge in [0.25, 0.3) is 10.0 Å². The number of sulfonamides is 1. The van der Waals surface area contributed by atoms with Gasteiger partial charge in [-0.25, -0.2) is 18.1 Å². The molecular formula is C21H24F3N3O4S. The maximum Gasteiger partial charge on any atom is 0.416 e. The molecule has 0 aliphatic carbocycles. The first-order valence-electron chi connectivity index (χ1n) is 10.3. The third-order valence-electron chi connectivity index (χ3n) is 5.63. The summed E-state index contributed by atoms with van der Waals surface area (Å²) >= 11 is 0. The Balaban J connectivity index is 1.25. The van der Waals surface area contributed by atoms with Gasteiger partial charge in [0.1, 0.15) is 12.7 Å². The van der Waals surface area contributed by atoms with E-state index in [1.807, 2.05) is 0 Å². The van der Waals surface area contributed by atoms with Crippen molar-refractivity contribution in [1.29, 1.82) is 0 Å². The van der Waals surface area contributed by atoms with Crippen LogP contribution in [0.2, 0.25) is 0 Å². The summed E-state index contributed by atoms with van der Waals surface area (Å²) < 4.78 is 77.4. The number of alkyl halides is 3. The van der Waals surface area contributed by atoms with Crippen LogP contribution in [0.15, 0.2) is 47.6 Å². The zero-order valence-corrected chi connectivity index (χ0v) is 18.0. The number of benzene rings is 1. The van der Waals surface area contributed by atoms with Crippen molar-refractivity contribution in [3.63, 3.8) is 0 Å². The minimum Gasteiger partial charge on any atom is -0.486 e. The predicted octanol–water partition coefficient (Wildman–Crippen LogP) is 2.93. The van der Waals surface area contributed by atoms with Gasteiger partial charge in [0.05, 0.1) is 5.56 Å². The Morgan fingerprint density at radius 1 is 1.12 bits per heavy atom. The van der Waals surface area contributed by atoms with Crippen LogP contribution in [0.4, 0.5) is 13.2 Å². The average molecular weight is 472 g/mol. The molecule has 4 rings (SSSR count). The minimum atomic E-state index is -4.44. The molecular weight excluding hydrogens is 447 g/mol. The molecule has 1 aromatic carbocycles. The van der Waals surface area contributed by atoms with Crippen molar-refractivity contribution in [3.05, 3.63) is 48.2 Å². The predicted molar refractivity (Wildman–Crippen MR) is 110 cm³/mol. The van der Waals surface area contributed by atoms with E-state index < -0.39 is 21.8 Å². The van der Waals surface area contributed by atoms with Crippen LogP contribution < -0.4 is 14.2 Å². The number of rotatable bonds is 6. The number of fused-ring (bicyclic) bond motifs is 1. The molecule has 7 nitrogen and oxygen atoms in total. The van der Waals surface area contributed by atoms with E-state index in [-0.39, 0.29) is 29.4 Å². The van der Waals surface area contributed by atoms with Crippen molar-refractivity contribution in [2.75, 3.05) is 32.8 Å². The summed E-state index contributed by atoms with van der Waals surface area (Å²) in [5.41, 5.74) is -0.769. The SMILES string of the molecule is O=S(=O)(NCC1CCN(C[C@H]2COc3ccc(C(F)(F)F)cc3O2)CC1)c1ccccn1. The Bertz CT molecular complexity index is 1030. The van der Waals surface area contributed by atoms with Gasteiger partial charge in [-0.15, -0.1) is 0 Å². The third kappa shape index (κ3) is 5.51. The van der Waals surface area contributed by atoms with Gasteiger partial charge >= 0.3 is 6.18 Å². The molecule has 32 heavy (non-hydrogen) atoms. The minimum absolute atomic E-state index is 0.000782. The van der Waals surface area contributed by atoms with Crippen molar-refractivity contribution < 1.29 is 31.1 Å². The average Bonchev–Trinajstić information content (AvgIpc) is 2.78. The molecule has 1 fully saturated rings. The van der Waals surface area contributed by atoms with Gasteiger partial charge < -0.3 is 9.47 Å². The topological polar surface area (TPSA) is 80.8 Å². The van der Waals surface area contributed by atoms with Gasteiger partial charge in [-0.3, -0.25) is 4.90 Å². The number of likely N-dealkylation sites (tertiary alicyclic amines) is 1. The Hall–Kier alpha value is -2.37. The maximum atomic E-state index is 12.9. The second-order valence-corrected chi connectivity index (χ2v) is 9.69. The van der Waals surface area contributed by atoms with Crippen LogP contribution in [0.3, 0.4) is 0 Å². The van der Waals surface area contributed by atoms with Crippen LogP contribution in [-0.4, -0.2) is 57.2 Å². The molecule has 2 aliphatic rings. The van der Waals surface area contributed by atoms with Crippen molar-refractivity contribution >= 4 is 10.0 Å². The lowest BCUT2D eigenvalue weighted by Crippen LogP contribution is -2.45. The monoisotopic (exact) mass is 471 g/mol. The standard InChI is InChI=1S/C21H24F3N3O4S/c22-21(23,24)16-4-5-18-19(11-16)31-17(14-30-18)13-27-9-6-15(7-10-27)12-26-32(28,29)20-3-1-2-8-25-20/h1-5,8,11,15,17,26H,6-7,9-10,12-14H2/t17-/m0/s1.